The lowest BCUT2D eigenvalue weighted by Gasteiger charge is -2.42. The largest absolute Gasteiger partial charge is 0.417 e. The van der Waals surface area contributed by atoms with Gasteiger partial charge in [-0.15, -0.1) is 0 Å². The Hall–Kier alpha value is -1.08. The lowest BCUT2D eigenvalue weighted by Crippen LogP contribution is -2.54. The van der Waals surface area contributed by atoms with Gasteiger partial charge in [-0.3, -0.25) is 0 Å². The van der Waals surface area contributed by atoms with Crippen LogP contribution >= 0.6 is 31.9 Å². The van der Waals surface area contributed by atoms with E-state index in [-0.39, 0.29) is 58.4 Å². The van der Waals surface area contributed by atoms with Gasteiger partial charge in [-0.2, -0.15) is 35.0 Å². The average Bonchev–Trinajstić information content (AvgIpc) is 3.20. The number of nitrogens with zero attached hydrogens (tertiary/aromatic N) is 2. The molecule has 0 aromatic heterocycles. The predicted molar refractivity (Wildman–Crippen MR) is 132 cm³/mol. The molecule has 2 fully saturated rings. The van der Waals surface area contributed by atoms with Gasteiger partial charge in [0.2, 0.25) is 10.0 Å². The molecule has 2 aliphatic rings. The van der Waals surface area contributed by atoms with Crippen molar-refractivity contribution in [1.29, 1.82) is 0 Å². The smallest absolute Gasteiger partial charge is 0.412 e. The van der Waals surface area contributed by atoms with Gasteiger partial charge in [0.1, 0.15) is 16.7 Å². The van der Waals surface area contributed by atoms with Gasteiger partial charge in [-0.1, -0.05) is 31.9 Å². The van der Waals surface area contributed by atoms with Gasteiger partial charge in [0.05, 0.1) is 27.5 Å². The summed E-state index contributed by atoms with van der Waals surface area (Å²) in [6.45, 7) is -0.0373. The number of sulfonamides is 1. The summed E-state index contributed by atoms with van der Waals surface area (Å²) in [5.74, 6) is 0. The number of hydrogen-bond donors (Lipinski definition) is 0. The zero-order valence-corrected chi connectivity index (χ0v) is 23.9. The zero-order chi connectivity index (χ0) is 27.4. The summed E-state index contributed by atoms with van der Waals surface area (Å²) < 4.78 is 127. The first kappa shape index (κ1) is 31.4. The standard InChI is InChI=1S/C21H18Br2F6N2O4S2.H2O/c22-17-3-1-13(11-15(17)20(24,25)26)36(32)31-9-10-35-19(31)5-7-30(8-6-19)37(33,34)14-2-4-18(23)16(12-14)21(27,28)29;/h1-4,11-12H,5-10H2;1H2. The highest BCUT2D eigenvalue weighted by Crippen LogP contribution is 2.41. The monoisotopic (exact) mass is 716 g/mol. The summed E-state index contributed by atoms with van der Waals surface area (Å²) in [6, 6.07) is 5.88. The molecule has 2 heterocycles. The third-order valence-corrected chi connectivity index (χ3v) is 11.0. The maximum Gasteiger partial charge on any atom is 0.417 e. The third kappa shape index (κ3) is 5.99. The summed E-state index contributed by atoms with van der Waals surface area (Å²) >= 11 is 5.63. The van der Waals surface area contributed by atoms with Crippen LogP contribution in [0.4, 0.5) is 26.3 Å². The van der Waals surface area contributed by atoms with Gasteiger partial charge in [0, 0.05) is 41.4 Å². The van der Waals surface area contributed by atoms with Gasteiger partial charge in [-0.05, 0) is 36.4 Å². The van der Waals surface area contributed by atoms with Crippen LogP contribution in [-0.2, 0) is 38.1 Å². The van der Waals surface area contributed by atoms with Crippen LogP contribution in [0.15, 0.2) is 55.1 Å². The summed E-state index contributed by atoms with van der Waals surface area (Å²) in [5, 5.41) is 0. The molecule has 1 spiro atoms. The van der Waals surface area contributed by atoms with Crippen LogP contribution < -0.4 is 0 Å². The third-order valence-electron chi connectivity index (χ3n) is 6.15. The van der Waals surface area contributed by atoms with Crippen LogP contribution in [0.1, 0.15) is 24.0 Å². The summed E-state index contributed by atoms with van der Waals surface area (Å²) in [7, 11) is -6.34. The van der Waals surface area contributed by atoms with Crippen molar-refractivity contribution < 1.29 is 49.2 Å². The van der Waals surface area contributed by atoms with E-state index < -0.39 is 55.1 Å². The SMILES string of the molecule is O.O=S(c1ccc(Br)c(C(F)(F)F)c1)N1CCOC12CCN(S(=O)(=O)c1ccc(Br)c(C(F)(F)F)c1)CC2. The Morgan fingerprint density at radius 2 is 1.39 bits per heavy atom. The van der Waals surface area contributed by atoms with Gasteiger partial charge in [-0.25, -0.2) is 12.6 Å². The summed E-state index contributed by atoms with van der Waals surface area (Å²) in [5.41, 5.74) is -3.31. The second-order valence-corrected chi connectivity index (χ2v) is 13.4. The Bertz CT molecular complexity index is 1330. The van der Waals surface area contributed by atoms with E-state index in [9.17, 15) is 39.0 Å². The molecule has 17 heteroatoms. The van der Waals surface area contributed by atoms with Crippen LogP contribution in [-0.4, -0.2) is 58.7 Å². The van der Waals surface area contributed by atoms with Crippen LogP contribution in [0, 0.1) is 0 Å². The minimum absolute atomic E-state index is 0. The number of hydrogen-bond acceptors (Lipinski definition) is 4. The van der Waals surface area contributed by atoms with E-state index in [1.165, 1.54) is 10.4 Å². The number of piperidine rings is 1. The molecule has 0 aliphatic carbocycles. The molecule has 1 unspecified atom stereocenters. The molecule has 7 nitrogen and oxygen atoms in total. The Morgan fingerprint density at radius 1 is 0.868 bits per heavy atom. The highest BCUT2D eigenvalue weighted by molar-refractivity contribution is 9.10. The van der Waals surface area contributed by atoms with Crippen LogP contribution in [0.25, 0.3) is 0 Å². The lowest BCUT2D eigenvalue weighted by atomic mass is 10.0. The van der Waals surface area contributed by atoms with Crippen LogP contribution in [0.3, 0.4) is 0 Å². The first-order chi connectivity index (χ1) is 17.1. The maximum absolute atomic E-state index is 13.3. The molecule has 0 radical (unpaired) electrons. The molecule has 4 rings (SSSR count). The van der Waals surface area contributed by atoms with Crippen molar-refractivity contribution in [3.63, 3.8) is 0 Å². The number of halogens is 8. The molecule has 212 valence electrons. The number of rotatable bonds is 4. The van der Waals surface area contributed by atoms with Crippen LogP contribution in [0.5, 0.6) is 0 Å². The fourth-order valence-electron chi connectivity index (χ4n) is 4.29. The molecule has 0 amide bonds. The van der Waals surface area contributed by atoms with Crippen molar-refractivity contribution in [3.8, 4) is 0 Å². The minimum atomic E-state index is -4.77. The maximum atomic E-state index is 13.3. The van der Waals surface area contributed by atoms with E-state index in [2.05, 4.69) is 31.9 Å². The normalized spacial score (nSPS) is 19.9. The molecular weight excluding hydrogens is 698 g/mol. The summed E-state index contributed by atoms with van der Waals surface area (Å²) in [4.78, 5) is -0.619. The van der Waals surface area contributed by atoms with Crippen molar-refractivity contribution in [2.45, 2.75) is 40.7 Å². The molecular formula is C21H20Br2F6N2O5S2. The highest BCUT2D eigenvalue weighted by atomic mass is 79.9. The van der Waals surface area contributed by atoms with Crippen molar-refractivity contribution in [1.82, 2.24) is 8.61 Å². The van der Waals surface area contributed by atoms with Crippen molar-refractivity contribution >= 4 is 52.9 Å². The van der Waals surface area contributed by atoms with E-state index >= 15 is 0 Å². The Labute approximate surface area is 233 Å². The topological polar surface area (TPSA) is 98.4 Å². The fraction of sp³-hybridized carbons (Fsp3) is 0.429. The molecule has 0 saturated carbocycles. The average molecular weight is 718 g/mol. The predicted octanol–water partition coefficient (Wildman–Crippen LogP) is 4.96. The fourth-order valence-corrected chi connectivity index (χ4v) is 8.13. The van der Waals surface area contributed by atoms with Gasteiger partial charge in [0.15, 0.2) is 0 Å². The van der Waals surface area contributed by atoms with Gasteiger partial charge >= 0.3 is 12.4 Å². The second-order valence-electron chi connectivity index (χ2n) is 8.33. The Kier molecular flexibility index (Phi) is 9.16. The molecule has 2 N–H and O–H groups in total. The van der Waals surface area contributed by atoms with Crippen molar-refractivity contribution in [3.05, 3.63) is 56.5 Å². The highest BCUT2D eigenvalue weighted by Gasteiger charge is 2.49. The van der Waals surface area contributed by atoms with Crippen LogP contribution in [0.2, 0.25) is 0 Å². The van der Waals surface area contributed by atoms with E-state index in [0.717, 1.165) is 28.6 Å². The number of alkyl halides is 6. The number of ether oxygens (including phenoxy) is 1. The first-order valence-corrected chi connectivity index (χ1v) is 14.8. The van der Waals surface area contributed by atoms with Crippen molar-refractivity contribution in [2.24, 2.45) is 0 Å². The van der Waals surface area contributed by atoms with E-state index in [1.54, 1.807) is 0 Å². The summed E-state index contributed by atoms with van der Waals surface area (Å²) in [6.07, 6.45) is -9.40. The second kappa shape index (κ2) is 11.1. The number of benzene rings is 2. The lowest BCUT2D eigenvalue weighted by molar-refractivity contribution is -0.139. The van der Waals surface area contributed by atoms with E-state index in [0.29, 0.717) is 6.07 Å². The molecule has 2 saturated heterocycles. The first-order valence-electron chi connectivity index (χ1n) is 10.6. The molecule has 2 aromatic rings. The van der Waals surface area contributed by atoms with Gasteiger partial charge in [0.25, 0.3) is 0 Å². The molecule has 0 bridgehead atoms. The van der Waals surface area contributed by atoms with Crippen molar-refractivity contribution in [2.75, 3.05) is 26.2 Å². The van der Waals surface area contributed by atoms with E-state index in [4.69, 9.17) is 4.74 Å². The van der Waals surface area contributed by atoms with E-state index in [1.807, 2.05) is 0 Å². The quantitative estimate of drug-likeness (QED) is 0.418. The Balaban J connectivity index is 0.00000400. The van der Waals surface area contributed by atoms with Gasteiger partial charge < -0.3 is 10.2 Å². The minimum Gasteiger partial charge on any atom is -0.412 e. The zero-order valence-electron chi connectivity index (χ0n) is 19.1. The molecule has 2 aliphatic heterocycles. The Morgan fingerprint density at radius 3 is 1.95 bits per heavy atom. The molecule has 2 aromatic carbocycles. The molecule has 38 heavy (non-hydrogen) atoms. The molecule has 1 atom stereocenters.